The van der Waals surface area contributed by atoms with Gasteiger partial charge < -0.3 is 0 Å². The van der Waals surface area contributed by atoms with Crippen LogP contribution in [0.5, 0.6) is 0 Å². The van der Waals surface area contributed by atoms with Gasteiger partial charge >= 0.3 is 0 Å². The van der Waals surface area contributed by atoms with Crippen LogP contribution >= 0.6 is 0 Å². The fourth-order valence-corrected chi connectivity index (χ4v) is 6.62. The van der Waals surface area contributed by atoms with Crippen molar-refractivity contribution in [2.75, 3.05) is 0 Å². The fraction of sp³-hybridized carbons (Fsp3) is 0.950. The molecule has 0 heteroatoms. The van der Waals surface area contributed by atoms with E-state index in [0.29, 0.717) is 5.41 Å². The summed E-state index contributed by atoms with van der Waals surface area (Å²) in [5.41, 5.74) is 2.28. The molecule has 0 saturated heterocycles. The number of rotatable bonds is 33. The van der Waals surface area contributed by atoms with E-state index in [9.17, 15) is 0 Å². The molecule has 0 N–H and O–H groups in total. The Kier molecular flexibility index (Phi) is 31.5. The molecule has 1 atom stereocenters. The molecular formula is C40H80. The lowest BCUT2D eigenvalue weighted by Crippen LogP contribution is -2.15. The van der Waals surface area contributed by atoms with E-state index < -0.39 is 0 Å². The molecule has 0 aliphatic heterocycles. The van der Waals surface area contributed by atoms with Crippen molar-refractivity contribution in [1.82, 2.24) is 0 Å². The number of allylic oxidation sites excluding steroid dienone is 2. The van der Waals surface area contributed by atoms with Crippen molar-refractivity contribution < 1.29 is 0 Å². The lowest BCUT2D eigenvalue weighted by atomic mass is 9.77. The Balaban J connectivity index is 4.98. The first-order chi connectivity index (χ1) is 19.6. The zero-order valence-corrected chi connectivity index (χ0v) is 29.2. The van der Waals surface area contributed by atoms with Crippen LogP contribution in [0.15, 0.2) is 11.6 Å². The largest absolute Gasteiger partial charge is 0.0794 e. The van der Waals surface area contributed by atoms with Crippen LogP contribution in [0.4, 0.5) is 0 Å². The van der Waals surface area contributed by atoms with Crippen molar-refractivity contribution in [3.63, 3.8) is 0 Å². The molecule has 0 aliphatic rings. The van der Waals surface area contributed by atoms with Gasteiger partial charge in [0.1, 0.15) is 0 Å². The highest BCUT2D eigenvalue weighted by atomic mass is 14.3. The minimum atomic E-state index is 0.435. The predicted octanol–water partition coefficient (Wildman–Crippen LogP) is 15.5. The molecule has 0 amide bonds. The summed E-state index contributed by atoms with van der Waals surface area (Å²) in [7, 11) is 0. The Morgan fingerprint density at radius 1 is 0.350 bits per heavy atom. The SMILES string of the molecule is CCCCCCCCCC/C(=C/C(C)(CCCCCCCC)CCCCCCCCCC)CCCCCCCC. The maximum atomic E-state index is 2.87. The minimum Gasteiger partial charge on any atom is -0.0794 e. The van der Waals surface area contributed by atoms with Crippen LogP contribution in [0.1, 0.15) is 240 Å². The van der Waals surface area contributed by atoms with Crippen molar-refractivity contribution in [3.8, 4) is 0 Å². The molecular weight excluding hydrogens is 480 g/mol. The van der Waals surface area contributed by atoms with Crippen LogP contribution in [0.3, 0.4) is 0 Å². The molecule has 0 radical (unpaired) electrons. The van der Waals surface area contributed by atoms with Gasteiger partial charge in [-0.05, 0) is 43.9 Å². The number of hydrogen-bond acceptors (Lipinski definition) is 0. The quantitative estimate of drug-likeness (QED) is 0.0553. The first kappa shape index (κ1) is 39.7. The first-order valence-corrected chi connectivity index (χ1v) is 19.3. The zero-order chi connectivity index (χ0) is 29.4. The fourth-order valence-electron chi connectivity index (χ4n) is 6.62. The van der Waals surface area contributed by atoms with Crippen LogP contribution < -0.4 is 0 Å². The van der Waals surface area contributed by atoms with Crippen LogP contribution in [0.2, 0.25) is 0 Å². The molecule has 0 saturated carbocycles. The van der Waals surface area contributed by atoms with Crippen LogP contribution in [-0.2, 0) is 0 Å². The van der Waals surface area contributed by atoms with Gasteiger partial charge in [0.05, 0.1) is 0 Å². The van der Waals surface area contributed by atoms with Gasteiger partial charge in [0.2, 0.25) is 0 Å². The second-order valence-corrected chi connectivity index (χ2v) is 13.9. The topological polar surface area (TPSA) is 0 Å². The summed E-state index contributed by atoms with van der Waals surface area (Å²) in [5.74, 6) is 0. The molecule has 0 nitrogen and oxygen atoms in total. The van der Waals surface area contributed by atoms with E-state index in [0.717, 1.165) is 0 Å². The van der Waals surface area contributed by atoms with E-state index >= 15 is 0 Å². The van der Waals surface area contributed by atoms with Crippen LogP contribution in [0.25, 0.3) is 0 Å². The monoisotopic (exact) mass is 561 g/mol. The number of hydrogen-bond donors (Lipinski definition) is 0. The Labute approximate surface area is 256 Å². The summed E-state index contributed by atoms with van der Waals surface area (Å²) in [5, 5.41) is 0. The first-order valence-electron chi connectivity index (χ1n) is 19.3. The Bertz CT molecular complexity index is 502. The van der Waals surface area contributed by atoms with E-state index in [2.05, 4.69) is 40.7 Å². The molecule has 0 heterocycles. The van der Waals surface area contributed by atoms with E-state index in [1.165, 1.54) is 205 Å². The maximum absolute atomic E-state index is 2.87. The highest BCUT2D eigenvalue weighted by Gasteiger charge is 2.21. The molecule has 1 unspecified atom stereocenters. The lowest BCUT2D eigenvalue weighted by molar-refractivity contribution is 0.323. The highest BCUT2D eigenvalue weighted by molar-refractivity contribution is 5.09. The van der Waals surface area contributed by atoms with Gasteiger partial charge in [0.15, 0.2) is 0 Å². The third kappa shape index (κ3) is 27.9. The average molecular weight is 561 g/mol. The molecule has 240 valence electrons. The van der Waals surface area contributed by atoms with Gasteiger partial charge in [-0.15, -0.1) is 0 Å². The molecule has 0 spiro atoms. The molecule has 0 aromatic carbocycles. The lowest BCUT2D eigenvalue weighted by Gasteiger charge is -2.28. The van der Waals surface area contributed by atoms with E-state index in [1.54, 1.807) is 0 Å². The van der Waals surface area contributed by atoms with Gasteiger partial charge in [-0.3, -0.25) is 0 Å². The van der Waals surface area contributed by atoms with Crippen molar-refractivity contribution in [2.45, 2.75) is 240 Å². The van der Waals surface area contributed by atoms with Crippen molar-refractivity contribution in [2.24, 2.45) is 5.41 Å². The normalized spacial score (nSPS) is 13.7. The van der Waals surface area contributed by atoms with Crippen molar-refractivity contribution >= 4 is 0 Å². The molecule has 0 fully saturated rings. The van der Waals surface area contributed by atoms with E-state index in [1.807, 2.05) is 5.57 Å². The van der Waals surface area contributed by atoms with Crippen molar-refractivity contribution in [3.05, 3.63) is 11.6 Å². The highest BCUT2D eigenvalue weighted by Crippen LogP contribution is 2.36. The van der Waals surface area contributed by atoms with Crippen LogP contribution in [-0.4, -0.2) is 0 Å². The molecule has 0 aliphatic carbocycles. The molecule has 40 heavy (non-hydrogen) atoms. The third-order valence-corrected chi connectivity index (χ3v) is 9.46. The summed E-state index contributed by atoms with van der Waals surface area (Å²) >= 11 is 0. The number of unbranched alkanes of at least 4 members (excludes halogenated alkanes) is 24. The van der Waals surface area contributed by atoms with Crippen LogP contribution in [0, 0.1) is 5.41 Å². The standard InChI is InChI=1S/C40H80/c1-6-10-14-18-22-24-27-31-35-39(34-30-26-20-16-12-8-3)38-40(5,36-32-28-21-17-13-9-4)37-33-29-25-23-19-15-11-7-2/h38H,6-37H2,1-5H3/b39-38+. The van der Waals surface area contributed by atoms with Gasteiger partial charge in [-0.1, -0.05) is 213 Å². The average Bonchev–Trinajstić information content (AvgIpc) is 2.95. The van der Waals surface area contributed by atoms with Crippen molar-refractivity contribution in [1.29, 1.82) is 0 Å². The Morgan fingerprint density at radius 2 is 0.600 bits per heavy atom. The van der Waals surface area contributed by atoms with Gasteiger partial charge in [0, 0.05) is 0 Å². The summed E-state index contributed by atoms with van der Waals surface area (Å²) in [4.78, 5) is 0. The van der Waals surface area contributed by atoms with Gasteiger partial charge in [-0.25, -0.2) is 0 Å². The predicted molar refractivity (Wildman–Crippen MR) is 187 cm³/mol. The van der Waals surface area contributed by atoms with E-state index in [-0.39, 0.29) is 0 Å². The Morgan fingerprint density at radius 3 is 0.900 bits per heavy atom. The van der Waals surface area contributed by atoms with Gasteiger partial charge in [-0.2, -0.15) is 0 Å². The molecule has 0 bridgehead atoms. The summed E-state index contributed by atoms with van der Waals surface area (Å²) in [6.07, 6.45) is 48.7. The summed E-state index contributed by atoms with van der Waals surface area (Å²) in [6.45, 7) is 12.0. The third-order valence-electron chi connectivity index (χ3n) is 9.46. The second kappa shape index (κ2) is 31.7. The molecule has 0 rings (SSSR count). The Hall–Kier alpha value is -0.260. The maximum Gasteiger partial charge on any atom is -0.0144 e. The molecule has 0 aromatic heterocycles. The second-order valence-electron chi connectivity index (χ2n) is 13.9. The summed E-state index contributed by atoms with van der Waals surface area (Å²) in [6, 6.07) is 0. The zero-order valence-electron chi connectivity index (χ0n) is 29.2. The smallest absolute Gasteiger partial charge is 0.0144 e. The minimum absolute atomic E-state index is 0.435. The van der Waals surface area contributed by atoms with Gasteiger partial charge in [0.25, 0.3) is 0 Å². The molecule has 0 aromatic rings. The van der Waals surface area contributed by atoms with E-state index in [4.69, 9.17) is 0 Å². The summed E-state index contributed by atoms with van der Waals surface area (Å²) < 4.78 is 0.